The number of alkyl halides is 4. The van der Waals surface area contributed by atoms with E-state index in [1.165, 1.54) is 0 Å². The van der Waals surface area contributed by atoms with Crippen LogP contribution in [0.4, 0.5) is 22.0 Å². The van der Waals surface area contributed by atoms with Crippen LogP contribution in [0.2, 0.25) is 0 Å². The van der Waals surface area contributed by atoms with Gasteiger partial charge in [0.15, 0.2) is 12.0 Å². The van der Waals surface area contributed by atoms with Crippen molar-refractivity contribution < 1.29 is 31.5 Å². The molecule has 0 bridgehead atoms. The van der Waals surface area contributed by atoms with Crippen molar-refractivity contribution in [3.05, 3.63) is 11.6 Å². The minimum absolute atomic E-state index is 0.422. The zero-order chi connectivity index (χ0) is 17.8. The third kappa shape index (κ3) is 5.77. The number of carbonyl (C=O) groups excluding carboxylic acids is 1. The van der Waals surface area contributed by atoms with Crippen molar-refractivity contribution in [2.24, 2.45) is 11.8 Å². The van der Waals surface area contributed by atoms with E-state index in [-0.39, 0.29) is 0 Å². The minimum Gasteiger partial charge on any atom is -0.421 e. The Morgan fingerprint density at radius 1 is 1.17 bits per heavy atom. The quantitative estimate of drug-likeness (QED) is 0.373. The molecule has 7 heteroatoms. The standard InChI is InChI=1S/C16H23F5O2/c1-9-4-6-12(7-5-9)15(22)23-14(13(19)11(3)18)16(20,21)8-10(2)17/h9-12H,4-8H2,1-3H3/b14-13-. The average molecular weight is 342 g/mol. The zero-order valence-electron chi connectivity index (χ0n) is 13.6. The van der Waals surface area contributed by atoms with E-state index in [0.29, 0.717) is 25.7 Å². The van der Waals surface area contributed by atoms with E-state index < -0.39 is 48.2 Å². The van der Waals surface area contributed by atoms with Crippen molar-refractivity contribution in [1.29, 1.82) is 0 Å². The van der Waals surface area contributed by atoms with Gasteiger partial charge in [0.1, 0.15) is 6.17 Å². The number of hydrogen-bond donors (Lipinski definition) is 0. The van der Waals surface area contributed by atoms with E-state index in [4.69, 9.17) is 0 Å². The highest BCUT2D eigenvalue weighted by Gasteiger charge is 2.44. The Kier molecular flexibility index (Phi) is 7.02. The molecule has 0 aliphatic heterocycles. The van der Waals surface area contributed by atoms with Crippen LogP contribution in [0, 0.1) is 11.8 Å². The number of esters is 1. The van der Waals surface area contributed by atoms with Gasteiger partial charge in [-0.2, -0.15) is 8.78 Å². The van der Waals surface area contributed by atoms with E-state index in [2.05, 4.69) is 4.74 Å². The molecule has 0 amide bonds. The first-order chi connectivity index (χ1) is 10.5. The minimum atomic E-state index is -4.09. The summed E-state index contributed by atoms with van der Waals surface area (Å²) in [6.07, 6.45) is -3.34. The van der Waals surface area contributed by atoms with Gasteiger partial charge in [-0.1, -0.05) is 6.92 Å². The normalized spacial score (nSPS) is 26.3. The lowest BCUT2D eigenvalue weighted by Crippen LogP contribution is -2.31. The van der Waals surface area contributed by atoms with Gasteiger partial charge in [0, 0.05) is 0 Å². The molecule has 1 rings (SSSR count). The number of rotatable bonds is 6. The zero-order valence-corrected chi connectivity index (χ0v) is 13.6. The maximum atomic E-state index is 14.0. The van der Waals surface area contributed by atoms with Gasteiger partial charge in [-0.15, -0.1) is 0 Å². The summed E-state index contributed by atoms with van der Waals surface area (Å²) in [5.74, 6) is -8.85. The molecule has 134 valence electrons. The number of carbonyl (C=O) groups is 1. The second-order valence-electron chi connectivity index (χ2n) is 6.36. The molecule has 23 heavy (non-hydrogen) atoms. The maximum absolute atomic E-state index is 14.0. The van der Waals surface area contributed by atoms with Crippen molar-refractivity contribution in [2.45, 2.75) is 71.1 Å². The first-order valence-electron chi connectivity index (χ1n) is 7.82. The van der Waals surface area contributed by atoms with Crippen LogP contribution in [-0.4, -0.2) is 24.2 Å². The van der Waals surface area contributed by atoms with Gasteiger partial charge in [0.05, 0.1) is 12.3 Å². The van der Waals surface area contributed by atoms with Gasteiger partial charge in [0.2, 0.25) is 5.76 Å². The molecule has 1 aliphatic rings. The van der Waals surface area contributed by atoms with E-state index in [1.807, 2.05) is 6.92 Å². The molecule has 2 unspecified atom stereocenters. The van der Waals surface area contributed by atoms with Gasteiger partial charge in [-0.05, 0) is 45.4 Å². The summed E-state index contributed by atoms with van der Waals surface area (Å²) in [6.45, 7) is 3.58. The first kappa shape index (κ1) is 19.9. The molecule has 0 saturated heterocycles. The highest BCUT2D eigenvalue weighted by atomic mass is 19.3. The van der Waals surface area contributed by atoms with Crippen molar-refractivity contribution in [3.63, 3.8) is 0 Å². The molecule has 0 radical (unpaired) electrons. The molecule has 1 fully saturated rings. The van der Waals surface area contributed by atoms with Crippen LogP contribution >= 0.6 is 0 Å². The molecule has 0 spiro atoms. The van der Waals surface area contributed by atoms with Crippen molar-refractivity contribution in [3.8, 4) is 0 Å². The number of hydrogen-bond acceptors (Lipinski definition) is 2. The Morgan fingerprint density at radius 3 is 2.13 bits per heavy atom. The molecular formula is C16H23F5O2. The fourth-order valence-electron chi connectivity index (χ4n) is 2.60. The van der Waals surface area contributed by atoms with Gasteiger partial charge in [-0.25, -0.2) is 13.2 Å². The van der Waals surface area contributed by atoms with Gasteiger partial charge < -0.3 is 4.74 Å². The summed E-state index contributed by atoms with van der Waals surface area (Å²) in [5, 5.41) is 0. The molecule has 0 N–H and O–H groups in total. The molecule has 1 saturated carbocycles. The van der Waals surface area contributed by atoms with Crippen LogP contribution in [0.25, 0.3) is 0 Å². The molecular weight excluding hydrogens is 319 g/mol. The molecule has 0 aromatic rings. The lowest BCUT2D eigenvalue weighted by molar-refractivity contribution is -0.152. The second kappa shape index (κ2) is 8.11. The third-order valence-corrected chi connectivity index (χ3v) is 3.99. The van der Waals surface area contributed by atoms with Gasteiger partial charge in [-0.3, -0.25) is 4.79 Å². The summed E-state index contributed by atoms with van der Waals surface area (Å²) in [6, 6.07) is 0. The highest BCUT2D eigenvalue weighted by molar-refractivity contribution is 5.74. The van der Waals surface area contributed by atoms with Crippen LogP contribution in [-0.2, 0) is 9.53 Å². The second-order valence-corrected chi connectivity index (χ2v) is 6.36. The largest absolute Gasteiger partial charge is 0.421 e. The average Bonchev–Trinajstić information content (AvgIpc) is 2.42. The Balaban J connectivity index is 2.94. The summed E-state index contributed by atoms with van der Waals surface area (Å²) >= 11 is 0. The summed E-state index contributed by atoms with van der Waals surface area (Å²) in [4.78, 5) is 12.0. The fraction of sp³-hybridized carbons (Fsp3) is 0.812. The Labute approximate surface area is 133 Å². The van der Waals surface area contributed by atoms with Crippen LogP contribution in [0.3, 0.4) is 0 Å². The molecule has 0 aromatic heterocycles. The van der Waals surface area contributed by atoms with Crippen LogP contribution in [0.1, 0.15) is 52.9 Å². The monoisotopic (exact) mass is 342 g/mol. The molecule has 0 heterocycles. The Bertz CT molecular complexity index is 438. The van der Waals surface area contributed by atoms with Gasteiger partial charge in [0.25, 0.3) is 0 Å². The van der Waals surface area contributed by atoms with Gasteiger partial charge >= 0.3 is 11.9 Å². The van der Waals surface area contributed by atoms with Crippen molar-refractivity contribution in [1.82, 2.24) is 0 Å². The van der Waals surface area contributed by atoms with E-state index in [9.17, 15) is 26.7 Å². The summed E-state index contributed by atoms with van der Waals surface area (Å²) in [7, 11) is 0. The highest BCUT2D eigenvalue weighted by Crippen LogP contribution is 2.37. The number of allylic oxidation sites excluding steroid dienone is 2. The van der Waals surface area contributed by atoms with E-state index in [0.717, 1.165) is 19.8 Å². The molecule has 0 aromatic carbocycles. The number of ether oxygens (including phenoxy) is 1. The van der Waals surface area contributed by atoms with E-state index >= 15 is 0 Å². The maximum Gasteiger partial charge on any atom is 0.314 e. The lowest BCUT2D eigenvalue weighted by Gasteiger charge is -2.27. The summed E-state index contributed by atoms with van der Waals surface area (Å²) < 4.78 is 72.2. The SMILES string of the molecule is CC(F)CC(F)(F)/C(OC(=O)C1CCC(C)CC1)=C(/F)C(C)F. The first-order valence-corrected chi connectivity index (χ1v) is 7.82. The molecule has 2 atom stereocenters. The predicted octanol–water partition coefficient (Wildman–Crippen LogP) is 5.28. The predicted molar refractivity (Wildman–Crippen MR) is 76.1 cm³/mol. The lowest BCUT2D eigenvalue weighted by atomic mass is 9.83. The van der Waals surface area contributed by atoms with Crippen molar-refractivity contribution >= 4 is 5.97 Å². The van der Waals surface area contributed by atoms with Crippen LogP contribution in [0.5, 0.6) is 0 Å². The number of halogens is 5. The molecule has 2 nitrogen and oxygen atoms in total. The molecule has 1 aliphatic carbocycles. The van der Waals surface area contributed by atoms with E-state index in [1.54, 1.807) is 0 Å². The van der Waals surface area contributed by atoms with Crippen molar-refractivity contribution in [2.75, 3.05) is 0 Å². The smallest absolute Gasteiger partial charge is 0.314 e. The Hall–Kier alpha value is -1.14. The summed E-state index contributed by atoms with van der Waals surface area (Å²) in [5.41, 5.74) is 0. The topological polar surface area (TPSA) is 26.3 Å². The third-order valence-electron chi connectivity index (χ3n) is 3.99. The van der Waals surface area contributed by atoms with Crippen LogP contribution < -0.4 is 0 Å². The Morgan fingerprint density at radius 2 is 1.70 bits per heavy atom. The van der Waals surface area contributed by atoms with Crippen LogP contribution in [0.15, 0.2) is 11.6 Å². The fourth-order valence-corrected chi connectivity index (χ4v) is 2.60.